The molecule has 0 saturated carbocycles. The van der Waals surface area contributed by atoms with Gasteiger partial charge in [-0.05, 0) is 43.3 Å². The standard InChI is InChI=1S/C28H23ClN2O5/c1-15-22(18-10-4-5-11-19(18)30-15)25-24(26(32)23-20(35-2)12-7-13-21(23)36-3)27(33)28(34)31(25)17-9-6-8-16(29)14-17/h4-14,25,30,32H,1-3H3/b26-24+. The van der Waals surface area contributed by atoms with Crippen molar-refractivity contribution in [2.75, 3.05) is 19.1 Å². The molecular weight excluding hydrogens is 480 g/mol. The first-order valence-electron chi connectivity index (χ1n) is 11.2. The summed E-state index contributed by atoms with van der Waals surface area (Å²) in [5.41, 5.74) is 2.85. The van der Waals surface area contributed by atoms with Gasteiger partial charge in [0.1, 0.15) is 22.8 Å². The van der Waals surface area contributed by atoms with Crippen molar-refractivity contribution in [3.8, 4) is 11.5 Å². The number of carbonyl (C=O) groups is 2. The number of H-pyrrole nitrogens is 1. The van der Waals surface area contributed by atoms with Crippen LogP contribution >= 0.6 is 11.6 Å². The summed E-state index contributed by atoms with van der Waals surface area (Å²) in [6.07, 6.45) is 0. The van der Waals surface area contributed by atoms with E-state index in [9.17, 15) is 14.7 Å². The number of halogens is 1. The van der Waals surface area contributed by atoms with Crippen LogP contribution in [0.5, 0.6) is 11.5 Å². The van der Waals surface area contributed by atoms with E-state index in [1.807, 2.05) is 31.2 Å². The van der Waals surface area contributed by atoms with Gasteiger partial charge >= 0.3 is 0 Å². The number of methoxy groups -OCH3 is 2. The average molecular weight is 503 g/mol. The largest absolute Gasteiger partial charge is 0.506 e. The molecule has 1 aromatic heterocycles. The number of ketones is 1. The Morgan fingerprint density at radius 2 is 1.64 bits per heavy atom. The highest BCUT2D eigenvalue weighted by molar-refractivity contribution is 6.52. The molecule has 182 valence electrons. The summed E-state index contributed by atoms with van der Waals surface area (Å²) in [5, 5.41) is 12.9. The number of hydrogen-bond donors (Lipinski definition) is 2. The molecule has 8 heteroatoms. The van der Waals surface area contributed by atoms with Gasteiger partial charge in [0, 0.05) is 32.9 Å². The van der Waals surface area contributed by atoms with Gasteiger partial charge in [-0.2, -0.15) is 0 Å². The lowest BCUT2D eigenvalue weighted by Gasteiger charge is -2.26. The van der Waals surface area contributed by atoms with E-state index in [-0.39, 0.29) is 16.9 Å². The van der Waals surface area contributed by atoms with Gasteiger partial charge in [0.2, 0.25) is 0 Å². The number of anilines is 1. The predicted octanol–water partition coefficient (Wildman–Crippen LogP) is 5.77. The van der Waals surface area contributed by atoms with Gasteiger partial charge in [-0.1, -0.05) is 41.9 Å². The van der Waals surface area contributed by atoms with E-state index < -0.39 is 17.7 Å². The van der Waals surface area contributed by atoms with E-state index >= 15 is 0 Å². The number of rotatable bonds is 5. The number of aromatic nitrogens is 1. The van der Waals surface area contributed by atoms with Crippen LogP contribution in [0.2, 0.25) is 5.02 Å². The van der Waals surface area contributed by atoms with Crippen LogP contribution in [-0.2, 0) is 9.59 Å². The molecule has 7 nitrogen and oxygen atoms in total. The van der Waals surface area contributed by atoms with Crippen LogP contribution in [0.4, 0.5) is 5.69 Å². The predicted molar refractivity (Wildman–Crippen MR) is 139 cm³/mol. The summed E-state index contributed by atoms with van der Waals surface area (Å²) >= 11 is 6.26. The number of nitrogens with zero attached hydrogens (tertiary/aromatic N) is 1. The second kappa shape index (κ2) is 9.09. The van der Waals surface area contributed by atoms with E-state index in [4.69, 9.17) is 21.1 Å². The lowest BCUT2D eigenvalue weighted by Crippen LogP contribution is -2.29. The quantitative estimate of drug-likeness (QED) is 0.205. The Labute approximate surface area is 212 Å². The molecule has 0 radical (unpaired) electrons. The number of nitrogens with one attached hydrogen (secondary N) is 1. The molecule has 0 spiro atoms. The minimum atomic E-state index is -0.936. The van der Waals surface area contributed by atoms with Crippen molar-refractivity contribution < 1.29 is 24.2 Å². The van der Waals surface area contributed by atoms with Crippen molar-refractivity contribution in [2.24, 2.45) is 0 Å². The minimum absolute atomic E-state index is 0.0735. The molecular formula is C28H23ClN2O5. The number of benzene rings is 3. The molecule has 5 rings (SSSR count). The number of amides is 1. The van der Waals surface area contributed by atoms with E-state index in [1.165, 1.54) is 19.1 Å². The van der Waals surface area contributed by atoms with Gasteiger partial charge in [-0.15, -0.1) is 0 Å². The Kier molecular flexibility index (Phi) is 5.94. The first-order chi connectivity index (χ1) is 17.4. The summed E-state index contributed by atoms with van der Waals surface area (Å²) in [6.45, 7) is 1.87. The van der Waals surface area contributed by atoms with Crippen LogP contribution in [-0.4, -0.2) is 36.0 Å². The van der Waals surface area contributed by atoms with Crippen molar-refractivity contribution >= 4 is 45.6 Å². The number of aromatic amines is 1. The molecule has 2 N–H and O–H groups in total. The Morgan fingerprint density at radius 3 is 2.31 bits per heavy atom. The summed E-state index contributed by atoms with van der Waals surface area (Å²) in [6, 6.07) is 18.4. The topological polar surface area (TPSA) is 91.9 Å². The molecule has 1 aliphatic rings. The Bertz CT molecular complexity index is 1530. The number of fused-ring (bicyclic) bond motifs is 1. The monoisotopic (exact) mass is 502 g/mol. The molecule has 0 aliphatic carbocycles. The molecule has 0 bridgehead atoms. The van der Waals surface area contributed by atoms with Gasteiger partial charge in [0.05, 0.1) is 25.8 Å². The van der Waals surface area contributed by atoms with Crippen molar-refractivity contribution in [3.63, 3.8) is 0 Å². The zero-order valence-electron chi connectivity index (χ0n) is 19.8. The highest BCUT2D eigenvalue weighted by atomic mass is 35.5. The van der Waals surface area contributed by atoms with Crippen LogP contribution in [0, 0.1) is 6.92 Å². The average Bonchev–Trinajstić information content (AvgIpc) is 3.34. The number of aliphatic hydroxyl groups is 1. The van der Waals surface area contributed by atoms with Crippen molar-refractivity contribution in [3.05, 3.63) is 94.1 Å². The molecule has 1 fully saturated rings. The van der Waals surface area contributed by atoms with Gasteiger partial charge in [-0.25, -0.2) is 0 Å². The van der Waals surface area contributed by atoms with Crippen molar-refractivity contribution in [1.29, 1.82) is 0 Å². The summed E-state index contributed by atoms with van der Waals surface area (Å²) in [7, 11) is 2.91. The number of ether oxygens (including phenoxy) is 2. The van der Waals surface area contributed by atoms with Crippen molar-refractivity contribution in [1.82, 2.24) is 4.98 Å². The summed E-state index contributed by atoms with van der Waals surface area (Å²) < 4.78 is 10.9. The summed E-state index contributed by atoms with van der Waals surface area (Å²) in [4.78, 5) is 31.9. The third-order valence-electron chi connectivity index (χ3n) is 6.41. The van der Waals surface area contributed by atoms with Gasteiger partial charge < -0.3 is 19.6 Å². The Morgan fingerprint density at radius 1 is 0.972 bits per heavy atom. The maximum absolute atomic E-state index is 13.6. The van der Waals surface area contributed by atoms with Crippen LogP contribution < -0.4 is 14.4 Å². The number of Topliss-reactive ketones (excluding diaryl/α,β-unsaturated/α-hetero) is 1. The third-order valence-corrected chi connectivity index (χ3v) is 6.65. The molecule has 1 amide bonds. The molecule has 1 aliphatic heterocycles. The fraction of sp³-hybridized carbons (Fsp3) is 0.143. The highest BCUT2D eigenvalue weighted by Crippen LogP contribution is 2.47. The lowest BCUT2D eigenvalue weighted by atomic mass is 9.92. The molecule has 1 unspecified atom stereocenters. The van der Waals surface area contributed by atoms with Crippen LogP contribution in [0.1, 0.15) is 22.9 Å². The minimum Gasteiger partial charge on any atom is -0.506 e. The van der Waals surface area contributed by atoms with Crippen LogP contribution in [0.3, 0.4) is 0 Å². The van der Waals surface area contributed by atoms with E-state index in [2.05, 4.69) is 4.98 Å². The molecule has 4 aromatic rings. The SMILES string of the molecule is COc1cccc(OC)c1/C(O)=C1\C(=O)C(=O)N(c2cccc(Cl)c2)C1c1c(C)[nH]c2ccccc12. The van der Waals surface area contributed by atoms with Gasteiger partial charge in [0.15, 0.2) is 0 Å². The fourth-order valence-corrected chi connectivity index (χ4v) is 5.05. The van der Waals surface area contributed by atoms with Crippen LogP contribution in [0.25, 0.3) is 16.7 Å². The first kappa shape index (κ1) is 23.5. The number of para-hydroxylation sites is 1. The van der Waals surface area contributed by atoms with Crippen LogP contribution in [0.15, 0.2) is 72.3 Å². The second-order valence-electron chi connectivity index (χ2n) is 8.40. The normalized spacial score (nSPS) is 17.1. The Hall–Kier alpha value is -4.23. The molecule has 1 saturated heterocycles. The zero-order chi connectivity index (χ0) is 25.6. The summed E-state index contributed by atoms with van der Waals surface area (Å²) in [5.74, 6) is -1.38. The van der Waals surface area contributed by atoms with E-state index in [0.29, 0.717) is 27.8 Å². The number of hydrogen-bond acceptors (Lipinski definition) is 5. The number of carbonyl (C=O) groups excluding carboxylic acids is 2. The maximum Gasteiger partial charge on any atom is 0.300 e. The Balaban J connectivity index is 1.87. The van der Waals surface area contributed by atoms with Gasteiger partial charge in [0.25, 0.3) is 11.7 Å². The van der Waals surface area contributed by atoms with Gasteiger partial charge in [-0.3, -0.25) is 14.5 Å². The van der Waals surface area contributed by atoms with E-state index in [1.54, 1.807) is 42.5 Å². The fourth-order valence-electron chi connectivity index (χ4n) is 4.87. The third kappa shape index (κ3) is 3.60. The first-order valence-corrected chi connectivity index (χ1v) is 11.6. The second-order valence-corrected chi connectivity index (χ2v) is 8.83. The molecule has 2 heterocycles. The number of aliphatic hydroxyl groups excluding tert-OH is 1. The van der Waals surface area contributed by atoms with E-state index in [0.717, 1.165) is 16.6 Å². The highest BCUT2D eigenvalue weighted by Gasteiger charge is 2.48. The molecule has 36 heavy (non-hydrogen) atoms. The smallest absolute Gasteiger partial charge is 0.300 e. The van der Waals surface area contributed by atoms with Crippen molar-refractivity contribution in [2.45, 2.75) is 13.0 Å². The molecule has 3 aromatic carbocycles. The lowest BCUT2D eigenvalue weighted by molar-refractivity contribution is -0.132. The number of aryl methyl sites for hydroxylation is 1. The zero-order valence-corrected chi connectivity index (χ0v) is 20.6. The molecule has 1 atom stereocenters. The maximum atomic E-state index is 13.6.